The molecule has 0 bridgehead atoms. The van der Waals surface area contributed by atoms with Crippen LogP contribution in [0.2, 0.25) is 0 Å². The van der Waals surface area contributed by atoms with Gasteiger partial charge in [0.15, 0.2) is 0 Å². The van der Waals surface area contributed by atoms with Crippen LogP contribution in [0.3, 0.4) is 0 Å². The van der Waals surface area contributed by atoms with Crippen LogP contribution >= 0.6 is 0 Å². The van der Waals surface area contributed by atoms with Crippen molar-refractivity contribution in [2.45, 2.75) is 86.2 Å². The Morgan fingerprint density at radius 3 is 2.07 bits per heavy atom. The monoisotopic (exact) mass is 396 g/mol. The number of unbranched alkanes of at least 4 members (excludes halogenated alkanes) is 2. The van der Waals surface area contributed by atoms with Crippen LogP contribution in [0.1, 0.15) is 78.8 Å². The molecule has 2 nitrogen and oxygen atoms in total. The molecule has 0 aliphatic carbocycles. The van der Waals surface area contributed by atoms with Crippen molar-refractivity contribution in [2.24, 2.45) is 5.92 Å². The van der Waals surface area contributed by atoms with Crippen molar-refractivity contribution in [3.63, 3.8) is 0 Å². The van der Waals surface area contributed by atoms with Crippen LogP contribution in [-0.4, -0.2) is 11.7 Å². The molecule has 0 amide bonds. The Kier molecular flexibility index (Phi) is 9.73. The summed E-state index contributed by atoms with van der Waals surface area (Å²) in [6, 6.07) is 11.0. The summed E-state index contributed by atoms with van der Waals surface area (Å²) in [5, 5.41) is 9.35. The Morgan fingerprint density at radius 1 is 0.793 bits per heavy atom. The van der Waals surface area contributed by atoms with Crippen LogP contribution in [0.5, 0.6) is 5.75 Å². The second-order valence-corrected chi connectivity index (χ2v) is 8.69. The number of rotatable bonds is 12. The molecule has 29 heavy (non-hydrogen) atoms. The molecule has 0 spiro atoms. The van der Waals surface area contributed by atoms with E-state index in [-0.39, 0.29) is 6.61 Å². The Hall–Kier alpha value is -1.80. The minimum atomic E-state index is 0.0832. The zero-order valence-electron chi connectivity index (χ0n) is 19.2. The fourth-order valence-corrected chi connectivity index (χ4v) is 4.20. The Labute approximate surface area is 178 Å². The average molecular weight is 397 g/mol. The van der Waals surface area contributed by atoms with Crippen molar-refractivity contribution in [3.8, 4) is 5.75 Å². The van der Waals surface area contributed by atoms with Gasteiger partial charge in [0.25, 0.3) is 0 Å². The lowest BCUT2D eigenvalue weighted by atomic mass is 9.89. The first-order chi connectivity index (χ1) is 13.9. The Morgan fingerprint density at radius 2 is 1.45 bits per heavy atom. The molecule has 0 aromatic heterocycles. The van der Waals surface area contributed by atoms with Crippen LogP contribution in [0.25, 0.3) is 0 Å². The van der Waals surface area contributed by atoms with Crippen molar-refractivity contribution >= 4 is 0 Å². The SMILES string of the molecule is CCCCCC(CCCOc1c(C)cc(CO)cc1C)Cc1ccc(C)c(C)c1. The fraction of sp³-hybridized carbons (Fsp3) is 0.556. The topological polar surface area (TPSA) is 29.5 Å². The van der Waals surface area contributed by atoms with Crippen molar-refractivity contribution in [3.05, 3.63) is 63.7 Å². The van der Waals surface area contributed by atoms with E-state index >= 15 is 0 Å². The van der Waals surface area contributed by atoms with E-state index in [1.165, 1.54) is 55.2 Å². The molecule has 160 valence electrons. The van der Waals surface area contributed by atoms with Gasteiger partial charge in [-0.25, -0.2) is 0 Å². The lowest BCUT2D eigenvalue weighted by molar-refractivity contribution is 0.277. The summed E-state index contributed by atoms with van der Waals surface area (Å²) in [7, 11) is 0. The lowest BCUT2D eigenvalue weighted by Crippen LogP contribution is -2.09. The van der Waals surface area contributed by atoms with Crippen LogP contribution in [0, 0.1) is 33.6 Å². The first-order valence-electron chi connectivity index (χ1n) is 11.3. The smallest absolute Gasteiger partial charge is 0.125 e. The van der Waals surface area contributed by atoms with E-state index in [1.54, 1.807) is 0 Å². The minimum Gasteiger partial charge on any atom is -0.493 e. The molecule has 0 fully saturated rings. The maximum atomic E-state index is 9.35. The van der Waals surface area contributed by atoms with E-state index in [4.69, 9.17) is 4.74 Å². The number of benzene rings is 2. The minimum absolute atomic E-state index is 0.0832. The predicted molar refractivity (Wildman–Crippen MR) is 124 cm³/mol. The molecular weight excluding hydrogens is 356 g/mol. The van der Waals surface area contributed by atoms with Crippen molar-refractivity contribution in [2.75, 3.05) is 6.61 Å². The maximum Gasteiger partial charge on any atom is 0.125 e. The number of hydrogen-bond acceptors (Lipinski definition) is 2. The molecule has 0 aliphatic heterocycles. The van der Waals surface area contributed by atoms with E-state index in [2.05, 4.69) is 52.8 Å². The van der Waals surface area contributed by atoms with Crippen LogP contribution in [0.15, 0.2) is 30.3 Å². The average Bonchev–Trinajstić information content (AvgIpc) is 2.69. The summed E-state index contributed by atoms with van der Waals surface area (Å²) in [6.07, 6.45) is 8.72. The molecule has 1 N–H and O–H groups in total. The highest BCUT2D eigenvalue weighted by Gasteiger charge is 2.12. The molecule has 0 heterocycles. The number of ether oxygens (including phenoxy) is 1. The zero-order valence-corrected chi connectivity index (χ0v) is 19.2. The normalized spacial score (nSPS) is 12.2. The molecule has 2 aromatic carbocycles. The van der Waals surface area contributed by atoms with Crippen LogP contribution in [-0.2, 0) is 13.0 Å². The standard InChI is InChI=1S/C27H40O2/c1-6-7-8-10-24(18-25-13-12-20(2)21(3)15-25)11-9-14-29-27-22(4)16-26(19-28)17-23(27)5/h12-13,15-17,24,28H,6-11,14,18-19H2,1-5H3. The molecular formula is C27H40O2. The molecule has 1 unspecified atom stereocenters. The van der Waals surface area contributed by atoms with Gasteiger partial charge < -0.3 is 9.84 Å². The third-order valence-corrected chi connectivity index (χ3v) is 6.02. The summed E-state index contributed by atoms with van der Waals surface area (Å²) < 4.78 is 6.15. The van der Waals surface area contributed by atoms with E-state index in [0.717, 1.165) is 41.4 Å². The van der Waals surface area contributed by atoms with Gasteiger partial charge >= 0.3 is 0 Å². The first-order valence-corrected chi connectivity index (χ1v) is 11.3. The summed E-state index contributed by atoms with van der Waals surface area (Å²) in [5.41, 5.74) is 7.43. The summed E-state index contributed by atoms with van der Waals surface area (Å²) >= 11 is 0. The predicted octanol–water partition coefficient (Wildman–Crippen LogP) is 7.01. The lowest BCUT2D eigenvalue weighted by Gasteiger charge is -2.19. The van der Waals surface area contributed by atoms with Gasteiger partial charge in [-0.3, -0.25) is 0 Å². The number of aryl methyl sites for hydroxylation is 4. The zero-order chi connectivity index (χ0) is 21.2. The molecule has 2 heteroatoms. The van der Waals surface area contributed by atoms with Crippen LogP contribution in [0.4, 0.5) is 0 Å². The highest BCUT2D eigenvalue weighted by molar-refractivity contribution is 5.43. The summed E-state index contributed by atoms with van der Waals surface area (Å²) in [6.45, 7) is 11.7. The highest BCUT2D eigenvalue weighted by Crippen LogP contribution is 2.26. The van der Waals surface area contributed by atoms with Crippen molar-refractivity contribution < 1.29 is 9.84 Å². The number of aliphatic hydroxyl groups excluding tert-OH is 1. The number of hydrogen-bond donors (Lipinski definition) is 1. The second kappa shape index (κ2) is 12.0. The number of aliphatic hydroxyl groups is 1. The van der Waals surface area contributed by atoms with Crippen LogP contribution < -0.4 is 4.74 Å². The fourth-order valence-electron chi connectivity index (χ4n) is 4.20. The van der Waals surface area contributed by atoms with E-state index in [9.17, 15) is 5.11 Å². The molecule has 2 aromatic rings. The Balaban J connectivity index is 1.91. The molecule has 0 radical (unpaired) electrons. The summed E-state index contributed by atoms with van der Waals surface area (Å²) in [4.78, 5) is 0. The van der Waals surface area contributed by atoms with Gasteiger partial charge in [-0.15, -0.1) is 0 Å². The molecule has 2 rings (SSSR count). The van der Waals surface area contributed by atoms with E-state index in [0.29, 0.717) is 0 Å². The molecule has 0 aliphatic rings. The third kappa shape index (κ3) is 7.51. The van der Waals surface area contributed by atoms with Gasteiger partial charge in [-0.2, -0.15) is 0 Å². The van der Waals surface area contributed by atoms with Gasteiger partial charge in [-0.1, -0.05) is 62.9 Å². The third-order valence-electron chi connectivity index (χ3n) is 6.02. The highest BCUT2D eigenvalue weighted by atomic mass is 16.5. The van der Waals surface area contributed by atoms with Gasteiger partial charge in [0.2, 0.25) is 0 Å². The van der Waals surface area contributed by atoms with Crippen molar-refractivity contribution in [1.29, 1.82) is 0 Å². The molecule has 1 atom stereocenters. The molecule has 0 saturated heterocycles. The van der Waals surface area contributed by atoms with Gasteiger partial charge in [-0.05, 0) is 86.3 Å². The first kappa shape index (κ1) is 23.5. The summed E-state index contributed by atoms with van der Waals surface area (Å²) in [5.74, 6) is 1.71. The quantitative estimate of drug-likeness (QED) is 0.391. The second-order valence-electron chi connectivity index (χ2n) is 8.69. The largest absolute Gasteiger partial charge is 0.493 e. The molecule has 0 saturated carbocycles. The Bertz CT molecular complexity index is 740. The van der Waals surface area contributed by atoms with E-state index < -0.39 is 0 Å². The van der Waals surface area contributed by atoms with Crippen molar-refractivity contribution in [1.82, 2.24) is 0 Å². The van der Waals surface area contributed by atoms with Gasteiger partial charge in [0.05, 0.1) is 13.2 Å². The van der Waals surface area contributed by atoms with E-state index in [1.807, 2.05) is 12.1 Å². The van der Waals surface area contributed by atoms with Gasteiger partial charge in [0, 0.05) is 0 Å². The van der Waals surface area contributed by atoms with Gasteiger partial charge in [0.1, 0.15) is 5.75 Å². The maximum absolute atomic E-state index is 9.35.